The van der Waals surface area contributed by atoms with Crippen molar-refractivity contribution in [1.29, 1.82) is 0 Å². The molecule has 0 unspecified atom stereocenters. The van der Waals surface area contributed by atoms with Crippen molar-refractivity contribution in [3.8, 4) is 0 Å². The summed E-state index contributed by atoms with van der Waals surface area (Å²) in [6.45, 7) is 4.65. The van der Waals surface area contributed by atoms with Crippen molar-refractivity contribution in [2.24, 2.45) is 5.10 Å². The number of hydrazone groups is 1. The number of hydrogen-bond donors (Lipinski definition) is 1. The summed E-state index contributed by atoms with van der Waals surface area (Å²) < 4.78 is 0. The lowest BCUT2D eigenvalue weighted by Gasteiger charge is -2.20. The Kier molecular flexibility index (Phi) is 6.17. The van der Waals surface area contributed by atoms with Crippen LogP contribution in [-0.4, -0.2) is 19.3 Å². The lowest BCUT2D eigenvalue weighted by Crippen LogP contribution is -2.18. The second kappa shape index (κ2) is 7.91. The van der Waals surface area contributed by atoms with Crippen LogP contribution in [-0.2, 0) is 0 Å². The standard InChI is InChI=1S/C17H18Cl3N3/c1-4-23(15-8-13(19)7-14(20)9-15)22-11(2)16-10-12(18)5-6-17(16)21-3/h5-10,21H,4H2,1-3H3/b22-11-. The Balaban J connectivity index is 2.43. The van der Waals surface area contributed by atoms with Gasteiger partial charge in [-0.3, -0.25) is 5.01 Å². The zero-order valence-electron chi connectivity index (χ0n) is 13.2. The topological polar surface area (TPSA) is 27.6 Å². The predicted molar refractivity (Wildman–Crippen MR) is 103 cm³/mol. The van der Waals surface area contributed by atoms with E-state index >= 15 is 0 Å². The maximum atomic E-state index is 6.12. The molecule has 0 aromatic heterocycles. The fourth-order valence-corrected chi connectivity index (χ4v) is 2.95. The van der Waals surface area contributed by atoms with E-state index in [0.717, 1.165) is 22.6 Å². The molecule has 0 heterocycles. The number of rotatable bonds is 5. The van der Waals surface area contributed by atoms with Gasteiger partial charge in [-0.15, -0.1) is 0 Å². The molecule has 0 aliphatic carbocycles. The number of nitrogens with zero attached hydrogens (tertiary/aromatic N) is 2. The minimum absolute atomic E-state index is 0.581. The first-order chi connectivity index (χ1) is 10.9. The number of halogens is 3. The first kappa shape index (κ1) is 17.9. The Hall–Kier alpha value is -1.42. The summed E-state index contributed by atoms with van der Waals surface area (Å²) in [6.07, 6.45) is 0. The van der Waals surface area contributed by atoms with E-state index in [4.69, 9.17) is 39.9 Å². The van der Waals surface area contributed by atoms with Crippen LogP contribution in [0.3, 0.4) is 0 Å². The molecule has 0 aliphatic heterocycles. The summed E-state index contributed by atoms with van der Waals surface area (Å²) in [4.78, 5) is 0. The smallest absolute Gasteiger partial charge is 0.0672 e. The fraction of sp³-hybridized carbons (Fsp3) is 0.235. The van der Waals surface area contributed by atoms with Gasteiger partial charge in [0.05, 0.1) is 11.4 Å². The molecule has 0 saturated heterocycles. The summed E-state index contributed by atoms with van der Waals surface area (Å²) in [5.74, 6) is 0. The van der Waals surface area contributed by atoms with E-state index in [-0.39, 0.29) is 0 Å². The molecule has 0 fully saturated rings. The third-order valence-electron chi connectivity index (χ3n) is 3.36. The molecule has 2 aromatic rings. The van der Waals surface area contributed by atoms with Crippen LogP contribution in [0.5, 0.6) is 0 Å². The molecule has 0 atom stereocenters. The molecule has 122 valence electrons. The lowest BCUT2D eigenvalue weighted by molar-refractivity contribution is 0.892. The van der Waals surface area contributed by atoms with Crippen molar-refractivity contribution < 1.29 is 0 Å². The third kappa shape index (κ3) is 4.54. The van der Waals surface area contributed by atoms with Crippen LogP contribution in [0.15, 0.2) is 41.5 Å². The van der Waals surface area contributed by atoms with E-state index < -0.39 is 0 Å². The molecular formula is C17H18Cl3N3. The van der Waals surface area contributed by atoms with E-state index in [1.165, 1.54) is 0 Å². The highest BCUT2D eigenvalue weighted by Crippen LogP contribution is 2.27. The maximum Gasteiger partial charge on any atom is 0.0672 e. The minimum Gasteiger partial charge on any atom is -0.388 e. The van der Waals surface area contributed by atoms with Gasteiger partial charge in [-0.2, -0.15) is 5.10 Å². The number of hydrogen-bond acceptors (Lipinski definition) is 3. The Morgan fingerprint density at radius 3 is 2.26 bits per heavy atom. The number of benzene rings is 2. The Morgan fingerprint density at radius 1 is 1.04 bits per heavy atom. The Bertz CT molecular complexity index is 709. The zero-order valence-corrected chi connectivity index (χ0v) is 15.5. The molecule has 23 heavy (non-hydrogen) atoms. The minimum atomic E-state index is 0.581. The molecule has 2 rings (SSSR count). The van der Waals surface area contributed by atoms with Crippen molar-refractivity contribution in [2.45, 2.75) is 13.8 Å². The summed E-state index contributed by atoms with van der Waals surface area (Å²) in [5, 5.41) is 11.5. The first-order valence-electron chi connectivity index (χ1n) is 7.21. The molecule has 0 saturated carbocycles. The van der Waals surface area contributed by atoms with Crippen LogP contribution in [0, 0.1) is 0 Å². The molecular weight excluding hydrogens is 353 g/mol. The molecule has 0 spiro atoms. The van der Waals surface area contributed by atoms with Gasteiger partial charge < -0.3 is 5.32 Å². The molecule has 0 aliphatic rings. The van der Waals surface area contributed by atoms with Crippen LogP contribution in [0.1, 0.15) is 19.4 Å². The highest BCUT2D eigenvalue weighted by Gasteiger charge is 2.10. The Morgan fingerprint density at radius 2 is 1.70 bits per heavy atom. The Labute approximate surface area is 151 Å². The van der Waals surface area contributed by atoms with Gasteiger partial charge in [0.15, 0.2) is 0 Å². The molecule has 2 aromatic carbocycles. The molecule has 3 nitrogen and oxygen atoms in total. The third-order valence-corrected chi connectivity index (χ3v) is 4.03. The molecule has 0 radical (unpaired) electrons. The van der Waals surface area contributed by atoms with Gasteiger partial charge in [0.25, 0.3) is 0 Å². The van der Waals surface area contributed by atoms with Gasteiger partial charge in [0.1, 0.15) is 0 Å². The highest BCUT2D eigenvalue weighted by atomic mass is 35.5. The van der Waals surface area contributed by atoms with Gasteiger partial charge in [-0.1, -0.05) is 34.8 Å². The number of nitrogens with one attached hydrogen (secondary N) is 1. The summed E-state index contributed by atoms with van der Waals surface area (Å²) in [7, 11) is 1.87. The monoisotopic (exact) mass is 369 g/mol. The van der Waals surface area contributed by atoms with Crippen LogP contribution in [0.2, 0.25) is 15.1 Å². The average Bonchev–Trinajstić information content (AvgIpc) is 2.51. The van der Waals surface area contributed by atoms with Gasteiger partial charge in [0, 0.05) is 39.9 Å². The van der Waals surface area contributed by atoms with Crippen molar-refractivity contribution in [3.05, 3.63) is 57.0 Å². The van der Waals surface area contributed by atoms with E-state index in [0.29, 0.717) is 21.6 Å². The van der Waals surface area contributed by atoms with Crippen LogP contribution in [0.4, 0.5) is 11.4 Å². The predicted octanol–water partition coefficient (Wildman–Crippen LogP) is 5.94. The average molecular weight is 371 g/mol. The quantitative estimate of drug-likeness (QED) is 0.521. The molecule has 1 N–H and O–H groups in total. The van der Waals surface area contributed by atoms with Crippen LogP contribution in [0.25, 0.3) is 0 Å². The molecule has 6 heteroatoms. The van der Waals surface area contributed by atoms with Crippen molar-refractivity contribution in [1.82, 2.24) is 0 Å². The second-order valence-electron chi connectivity index (χ2n) is 4.97. The van der Waals surface area contributed by atoms with Crippen LogP contribution >= 0.6 is 34.8 Å². The normalized spacial score (nSPS) is 11.5. The summed E-state index contributed by atoms with van der Waals surface area (Å²) in [6, 6.07) is 11.1. The fourth-order valence-electron chi connectivity index (χ4n) is 2.27. The van der Waals surface area contributed by atoms with Gasteiger partial charge in [-0.05, 0) is 50.2 Å². The maximum absolute atomic E-state index is 6.12. The lowest BCUT2D eigenvalue weighted by atomic mass is 10.1. The summed E-state index contributed by atoms with van der Waals surface area (Å²) >= 11 is 18.3. The van der Waals surface area contributed by atoms with Crippen LogP contribution < -0.4 is 10.3 Å². The number of anilines is 2. The van der Waals surface area contributed by atoms with Crippen molar-refractivity contribution in [3.63, 3.8) is 0 Å². The summed E-state index contributed by atoms with van der Waals surface area (Å²) in [5.41, 5.74) is 3.61. The molecule has 0 amide bonds. The van der Waals surface area contributed by atoms with Gasteiger partial charge in [0.2, 0.25) is 0 Å². The van der Waals surface area contributed by atoms with E-state index in [2.05, 4.69) is 5.32 Å². The van der Waals surface area contributed by atoms with Gasteiger partial charge >= 0.3 is 0 Å². The highest BCUT2D eigenvalue weighted by molar-refractivity contribution is 6.35. The first-order valence-corrected chi connectivity index (χ1v) is 8.34. The molecule has 0 bridgehead atoms. The van der Waals surface area contributed by atoms with Gasteiger partial charge in [-0.25, -0.2) is 0 Å². The second-order valence-corrected chi connectivity index (χ2v) is 6.28. The van der Waals surface area contributed by atoms with E-state index in [9.17, 15) is 0 Å². The SMILES string of the molecule is CCN(/N=C(/C)c1cc(Cl)ccc1NC)c1cc(Cl)cc(Cl)c1. The van der Waals surface area contributed by atoms with E-state index in [1.807, 2.05) is 56.2 Å². The zero-order chi connectivity index (χ0) is 17.0. The van der Waals surface area contributed by atoms with Crippen molar-refractivity contribution >= 4 is 51.9 Å². The van der Waals surface area contributed by atoms with E-state index in [1.54, 1.807) is 6.07 Å². The van der Waals surface area contributed by atoms with Crippen molar-refractivity contribution in [2.75, 3.05) is 23.9 Å². The largest absolute Gasteiger partial charge is 0.388 e.